The molecule has 0 unspecified atom stereocenters. The van der Waals surface area contributed by atoms with Crippen molar-refractivity contribution in [2.75, 3.05) is 32.5 Å². The molecular formula is C31H51N2O11P. The van der Waals surface area contributed by atoms with E-state index >= 15 is 0 Å². The molecule has 0 aliphatic heterocycles. The highest BCUT2D eigenvalue weighted by atomic mass is 31.2. The maximum atomic E-state index is 12.9. The van der Waals surface area contributed by atoms with Gasteiger partial charge < -0.3 is 39.3 Å². The zero-order valence-electron chi connectivity index (χ0n) is 27.1. The van der Waals surface area contributed by atoms with Crippen LogP contribution in [0.5, 0.6) is 0 Å². The average Bonchev–Trinajstić information content (AvgIpc) is 2.96. The number of aliphatic hydroxyl groups excluding tert-OH is 2. The molecule has 0 saturated heterocycles. The fourth-order valence-corrected chi connectivity index (χ4v) is 7.09. The van der Waals surface area contributed by atoms with Crippen LogP contribution >= 0.6 is 7.60 Å². The Labute approximate surface area is 265 Å². The number of nitrogens with zero attached hydrogens (tertiary/aromatic N) is 1. The van der Waals surface area contributed by atoms with E-state index in [-0.39, 0.29) is 75.0 Å². The number of nitrogens with one attached hydrogen (secondary N) is 1. The quantitative estimate of drug-likeness (QED) is 0.0845. The van der Waals surface area contributed by atoms with Gasteiger partial charge in [0.15, 0.2) is 6.61 Å². The molecule has 0 aromatic rings. The third-order valence-corrected chi connectivity index (χ3v) is 10.1. The second-order valence-corrected chi connectivity index (χ2v) is 13.8. The standard InChI is InChI=1S/C31H51N2O11P/c1-6-20(4)31(39)44-27-16-23(33-41-19-28(36)32-13-14-45(40,42-7-2)43-8-3)15-22-10-9-21(5)26(30(22)27)12-11-24(34)17-25(35)18-29(37)38/h9-10,15,20-21,24-27,30,34-35H,6-8,11-14,16-19H2,1-5H3,(H,32,36)(H,37,38)/b33-23-/t20-,21-,24+,25+,26-,27-,30-/m0/s1. The van der Waals surface area contributed by atoms with Gasteiger partial charge >= 0.3 is 19.5 Å². The summed E-state index contributed by atoms with van der Waals surface area (Å²) < 4.78 is 29.0. The average molecular weight is 659 g/mol. The molecule has 45 heavy (non-hydrogen) atoms. The van der Waals surface area contributed by atoms with E-state index in [1.807, 2.05) is 25.2 Å². The summed E-state index contributed by atoms with van der Waals surface area (Å²) in [4.78, 5) is 41.4. The first-order valence-corrected chi connectivity index (χ1v) is 17.6. The van der Waals surface area contributed by atoms with Crippen molar-refractivity contribution < 1.29 is 52.9 Å². The molecule has 1 amide bonds. The van der Waals surface area contributed by atoms with Crippen LogP contribution in [0.2, 0.25) is 0 Å². The molecule has 7 atom stereocenters. The summed E-state index contributed by atoms with van der Waals surface area (Å²) >= 11 is 0. The lowest BCUT2D eigenvalue weighted by atomic mass is 9.66. The number of aliphatic carboxylic acids is 1. The van der Waals surface area contributed by atoms with Crippen LogP contribution in [0.25, 0.3) is 0 Å². The van der Waals surface area contributed by atoms with E-state index in [1.165, 1.54) is 0 Å². The van der Waals surface area contributed by atoms with Crippen LogP contribution in [-0.4, -0.2) is 89.7 Å². The van der Waals surface area contributed by atoms with Crippen molar-refractivity contribution in [2.45, 2.75) is 91.5 Å². The van der Waals surface area contributed by atoms with Gasteiger partial charge in [-0.3, -0.25) is 18.9 Å². The molecule has 256 valence electrons. The van der Waals surface area contributed by atoms with Gasteiger partial charge in [0.05, 0.1) is 49.6 Å². The van der Waals surface area contributed by atoms with Crippen LogP contribution in [0.4, 0.5) is 0 Å². The van der Waals surface area contributed by atoms with Crippen molar-refractivity contribution in [1.29, 1.82) is 0 Å². The topological polar surface area (TPSA) is 190 Å². The van der Waals surface area contributed by atoms with Gasteiger partial charge in [0, 0.05) is 18.9 Å². The predicted molar refractivity (Wildman–Crippen MR) is 168 cm³/mol. The van der Waals surface area contributed by atoms with Crippen molar-refractivity contribution in [1.82, 2.24) is 5.32 Å². The fourth-order valence-electron chi connectivity index (χ4n) is 5.58. The minimum atomic E-state index is -3.28. The molecule has 0 saturated carbocycles. The SMILES string of the molecule is CCOP(=O)(CCNC(=O)CO/N=C1/C=C2C=C[C@H](C)[C@H](CC[C@@H](O)C[C@@H](O)CC(=O)O)[C@H]2[C@@H](OC(=O)[C@@H](C)CC)C1)OCC. The summed E-state index contributed by atoms with van der Waals surface area (Å²) in [6.45, 7) is 9.36. The Morgan fingerprint density at radius 3 is 2.44 bits per heavy atom. The Morgan fingerprint density at radius 1 is 1.13 bits per heavy atom. The molecule has 13 nitrogen and oxygen atoms in total. The van der Waals surface area contributed by atoms with Gasteiger partial charge in [-0.15, -0.1) is 0 Å². The third-order valence-electron chi connectivity index (χ3n) is 8.06. The van der Waals surface area contributed by atoms with Crippen LogP contribution < -0.4 is 5.32 Å². The van der Waals surface area contributed by atoms with E-state index in [9.17, 15) is 29.2 Å². The van der Waals surface area contributed by atoms with Gasteiger partial charge in [-0.25, -0.2) is 0 Å². The number of oxime groups is 1. The molecule has 0 bridgehead atoms. The maximum absolute atomic E-state index is 12.9. The molecule has 0 spiro atoms. The minimum absolute atomic E-state index is 0.000143. The second-order valence-electron chi connectivity index (χ2n) is 11.6. The minimum Gasteiger partial charge on any atom is -0.481 e. The summed E-state index contributed by atoms with van der Waals surface area (Å²) in [6, 6.07) is 0. The number of amides is 1. The van der Waals surface area contributed by atoms with Gasteiger partial charge in [-0.05, 0) is 63.0 Å². The lowest BCUT2D eigenvalue weighted by Gasteiger charge is -2.42. The fraction of sp³-hybridized carbons (Fsp3) is 0.742. The van der Waals surface area contributed by atoms with Gasteiger partial charge in [0.25, 0.3) is 5.91 Å². The number of carbonyl (C=O) groups is 3. The van der Waals surface area contributed by atoms with E-state index in [1.54, 1.807) is 20.8 Å². The summed E-state index contributed by atoms with van der Waals surface area (Å²) in [5.41, 5.74) is 1.39. The van der Waals surface area contributed by atoms with Crippen LogP contribution in [0, 0.1) is 23.7 Å². The Balaban J connectivity index is 2.12. The predicted octanol–water partition coefficient (Wildman–Crippen LogP) is 3.83. The first kappa shape index (κ1) is 38.6. The van der Waals surface area contributed by atoms with Gasteiger partial charge in [-0.1, -0.05) is 38.1 Å². The lowest BCUT2D eigenvalue weighted by molar-refractivity contribution is -0.157. The molecular weight excluding hydrogens is 607 g/mol. The molecule has 0 heterocycles. The summed E-state index contributed by atoms with van der Waals surface area (Å²) in [7, 11) is -3.28. The summed E-state index contributed by atoms with van der Waals surface area (Å²) in [6.07, 6.45) is 4.66. The number of esters is 1. The lowest BCUT2D eigenvalue weighted by Crippen LogP contribution is -2.42. The van der Waals surface area contributed by atoms with Gasteiger partial charge in [0.2, 0.25) is 0 Å². The van der Waals surface area contributed by atoms with Crippen LogP contribution in [0.1, 0.15) is 73.1 Å². The van der Waals surface area contributed by atoms with Crippen LogP contribution in [-0.2, 0) is 37.6 Å². The number of ether oxygens (including phenoxy) is 1. The van der Waals surface area contributed by atoms with Crippen molar-refractivity contribution >= 4 is 31.2 Å². The number of aliphatic hydroxyl groups is 2. The molecule has 2 aliphatic rings. The highest BCUT2D eigenvalue weighted by Gasteiger charge is 2.42. The highest BCUT2D eigenvalue weighted by molar-refractivity contribution is 7.53. The Kier molecular flexibility index (Phi) is 16.5. The molecule has 0 radical (unpaired) electrons. The monoisotopic (exact) mass is 658 g/mol. The smallest absolute Gasteiger partial charge is 0.332 e. The number of rotatable bonds is 20. The van der Waals surface area contributed by atoms with E-state index in [4.69, 9.17) is 23.7 Å². The highest BCUT2D eigenvalue weighted by Crippen LogP contribution is 2.47. The van der Waals surface area contributed by atoms with Gasteiger partial charge in [0.1, 0.15) is 6.10 Å². The number of allylic oxidation sites excluding steroid dienone is 3. The van der Waals surface area contributed by atoms with E-state index in [2.05, 4.69) is 17.4 Å². The Morgan fingerprint density at radius 2 is 1.82 bits per heavy atom. The third kappa shape index (κ3) is 13.0. The van der Waals surface area contributed by atoms with Crippen molar-refractivity contribution in [3.05, 3.63) is 23.8 Å². The molecule has 0 fully saturated rings. The molecule has 14 heteroatoms. The second kappa shape index (κ2) is 19.2. The first-order valence-electron chi connectivity index (χ1n) is 15.8. The molecule has 2 rings (SSSR count). The zero-order chi connectivity index (χ0) is 33.6. The first-order chi connectivity index (χ1) is 21.3. The molecule has 2 aliphatic carbocycles. The van der Waals surface area contributed by atoms with Crippen molar-refractivity contribution in [3.63, 3.8) is 0 Å². The number of carbonyl (C=O) groups excluding carboxylic acids is 2. The molecule has 0 aromatic heterocycles. The van der Waals surface area contributed by atoms with Gasteiger partial charge in [-0.2, -0.15) is 0 Å². The van der Waals surface area contributed by atoms with Crippen molar-refractivity contribution in [3.8, 4) is 0 Å². The normalized spacial score (nSPS) is 24.2. The number of hydrogen-bond acceptors (Lipinski definition) is 11. The van der Waals surface area contributed by atoms with Crippen LogP contribution in [0.15, 0.2) is 29.0 Å². The number of carboxylic acids is 1. The molecule has 0 aromatic carbocycles. The number of carboxylic acid groups (broad SMARTS) is 1. The zero-order valence-corrected chi connectivity index (χ0v) is 27.9. The maximum Gasteiger partial charge on any atom is 0.332 e. The number of hydrogen-bond donors (Lipinski definition) is 4. The largest absolute Gasteiger partial charge is 0.481 e. The number of fused-ring (bicyclic) bond motifs is 1. The van der Waals surface area contributed by atoms with E-state index in [0.29, 0.717) is 25.0 Å². The molecule has 4 N–H and O–H groups in total. The van der Waals surface area contributed by atoms with Crippen molar-refractivity contribution in [2.24, 2.45) is 28.8 Å². The summed E-state index contributed by atoms with van der Waals surface area (Å²) in [5.74, 6) is -2.28. The Bertz CT molecular complexity index is 1110. The van der Waals surface area contributed by atoms with E-state index < -0.39 is 44.2 Å². The van der Waals surface area contributed by atoms with E-state index in [0.717, 1.165) is 5.57 Å². The summed E-state index contributed by atoms with van der Waals surface area (Å²) in [5, 5.41) is 36.1. The van der Waals surface area contributed by atoms with Crippen LogP contribution in [0.3, 0.4) is 0 Å². The Hall–Kier alpha value is -2.57.